The van der Waals surface area contributed by atoms with Crippen LogP contribution in [0.25, 0.3) is 0 Å². The summed E-state index contributed by atoms with van der Waals surface area (Å²) in [7, 11) is -3.77. The Bertz CT molecular complexity index is 1110. The molecule has 1 heterocycles. The van der Waals surface area contributed by atoms with Crippen LogP contribution in [0.3, 0.4) is 0 Å². The second kappa shape index (κ2) is 8.88. The molecule has 0 radical (unpaired) electrons. The van der Waals surface area contributed by atoms with Gasteiger partial charge in [-0.3, -0.25) is 4.79 Å². The van der Waals surface area contributed by atoms with Crippen molar-refractivity contribution < 1.29 is 17.6 Å². The van der Waals surface area contributed by atoms with Crippen LogP contribution >= 0.6 is 0 Å². The van der Waals surface area contributed by atoms with Crippen LogP contribution in [0.5, 0.6) is 0 Å². The first-order chi connectivity index (χ1) is 14.2. The molecule has 30 heavy (non-hydrogen) atoms. The summed E-state index contributed by atoms with van der Waals surface area (Å²) < 4.78 is 32.1. The molecule has 6 heteroatoms. The van der Waals surface area contributed by atoms with Gasteiger partial charge in [-0.05, 0) is 72.9 Å². The maximum Gasteiger partial charge on any atom is 0.251 e. The lowest BCUT2D eigenvalue weighted by Crippen LogP contribution is -2.31. The molecule has 0 saturated heterocycles. The molecule has 3 rings (SSSR count). The van der Waals surface area contributed by atoms with E-state index < -0.39 is 15.1 Å². The number of rotatable bonds is 7. The van der Waals surface area contributed by atoms with E-state index in [2.05, 4.69) is 19.2 Å². The Morgan fingerprint density at radius 1 is 1.00 bits per heavy atom. The van der Waals surface area contributed by atoms with E-state index in [9.17, 15) is 13.2 Å². The molecule has 0 aliphatic carbocycles. The predicted molar refractivity (Wildman–Crippen MR) is 117 cm³/mol. The van der Waals surface area contributed by atoms with E-state index >= 15 is 0 Å². The van der Waals surface area contributed by atoms with Crippen molar-refractivity contribution in [2.75, 3.05) is 6.54 Å². The van der Waals surface area contributed by atoms with Crippen molar-refractivity contribution in [3.63, 3.8) is 0 Å². The Morgan fingerprint density at radius 2 is 1.70 bits per heavy atom. The normalized spacial score (nSPS) is 12.7. The quantitative estimate of drug-likeness (QED) is 0.580. The molecule has 3 aromatic rings. The zero-order valence-electron chi connectivity index (χ0n) is 17.7. The molecule has 0 aliphatic rings. The Hall–Kier alpha value is -2.86. The van der Waals surface area contributed by atoms with Crippen LogP contribution in [0.4, 0.5) is 0 Å². The maximum absolute atomic E-state index is 13.3. The molecular formula is C24H27NO4S. The molecule has 0 bridgehead atoms. The second-order valence-electron chi connectivity index (χ2n) is 7.78. The number of aryl methyl sites for hydroxylation is 2. The third-order valence-electron chi connectivity index (χ3n) is 5.33. The number of sulfone groups is 1. The van der Waals surface area contributed by atoms with Crippen molar-refractivity contribution >= 4 is 15.7 Å². The summed E-state index contributed by atoms with van der Waals surface area (Å²) in [6.07, 6.45) is 1.44. The average molecular weight is 426 g/mol. The summed E-state index contributed by atoms with van der Waals surface area (Å²) in [5.41, 5.74) is 3.65. The van der Waals surface area contributed by atoms with Gasteiger partial charge in [-0.2, -0.15) is 0 Å². The van der Waals surface area contributed by atoms with Gasteiger partial charge in [0, 0.05) is 12.1 Å². The van der Waals surface area contributed by atoms with Crippen molar-refractivity contribution in [1.82, 2.24) is 5.32 Å². The third-order valence-corrected chi connectivity index (χ3v) is 7.40. The summed E-state index contributed by atoms with van der Waals surface area (Å²) >= 11 is 0. The van der Waals surface area contributed by atoms with E-state index in [1.807, 2.05) is 32.0 Å². The molecule has 0 aliphatic heterocycles. The number of hydrogen-bond donors (Lipinski definition) is 1. The van der Waals surface area contributed by atoms with Crippen molar-refractivity contribution in [2.24, 2.45) is 0 Å². The Kier molecular flexibility index (Phi) is 6.46. The van der Waals surface area contributed by atoms with Gasteiger partial charge in [0.15, 0.2) is 9.84 Å². The molecule has 0 unspecified atom stereocenters. The van der Waals surface area contributed by atoms with Crippen molar-refractivity contribution in [3.8, 4) is 0 Å². The number of amides is 1. The first-order valence-corrected chi connectivity index (χ1v) is 11.5. The van der Waals surface area contributed by atoms with Crippen LogP contribution in [-0.2, 0) is 9.84 Å². The van der Waals surface area contributed by atoms with E-state index in [0.717, 1.165) is 16.7 Å². The highest BCUT2D eigenvalue weighted by Crippen LogP contribution is 2.30. The SMILES string of the molecule is Cc1ccc(C(=O)NC[C@H](c2ccco2)S(=O)(=O)c2ccc(C(C)C)cc2)cc1C. The third kappa shape index (κ3) is 4.65. The van der Waals surface area contributed by atoms with Crippen LogP contribution in [0, 0.1) is 13.8 Å². The van der Waals surface area contributed by atoms with E-state index in [1.54, 1.807) is 36.4 Å². The summed E-state index contributed by atoms with van der Waals surface area (Å²) in [5, 5.41) is 1.74. The van der Waals surface area contributed by atoms with Gasteiger partial charge in [-0.25, -0.2) is 8.42 Å². The standard InChI is InChI=1S/C24H27NO4S/c1-16(2)19-9-11-21(12-10-19)30(27,28)23(22-6-5-13-29-22)15-25-24(26)20-8-7-17(3)18(4)14-20/h5-14,16,23H,15H2,1-4H3,(H,25,26)/t23-/m1/s1. The van der Waals surface area contributed by atoms with Crippen LogP contribution in [0.2, 0.25) is 0 Å². The molecule has 1 amide bonds. The minimum atomic E-state index is -3.77. The van der Waals surface area contributed by atoms with Gasteiger partial charge in [-0.15, -0.1) is 0 Å². The van der Waals surface area contributed by atoms with Crippen molar-refractivity contribution in [2.45, 2.75) is 43.8 Å². The van der Waals surface area contributed by atoms with Gasteiger partial charge >= 0.3 is 0 Å². The number of carbonyl (C=O) groups is 1. The Morgan fingerprint density at radius 3 is 2.27 bits per heavy atom. The Balaban J connectivity index is 1.86. The number of benzene rings is 2. The van der Waals surface area contributed by atoms with Gasteiger partial charge < -0.3 is 9.73 Å². The average Bonchev–Trinajstić information content (AvgIpc) is 3.24. The lowest BCUT2D eigenvalue weighted by Gasteiger charge is -2.17. The zero-order valence-corrected chi connectivity index (χ0v) is 18.5. The molecule has 0 saturated carbocycles. The van der Waals surface area contributed by atoms with E-state index in [-0.39, 0.29) is 17.3 Å². The largest absolute Gasteiger partial charge is 0.468 e. The van der Waals surface area contributed by atoms with Gasteiger partial charge in [0.25, 0.3) is 5.91 Å². The molecule has 158 valence electrons. The van der Waals surface area contributed by atoms with Gasteiger partial charge in [0.1, 0.15) is 11.0 Å². The monoisotopic (exact) mass is 425 g/mol. The van der Waals surface area contributed by atoms with E-state index in [0.29, 0.717) is 17.2 Å². The fraction of sp³-hybridized carbons (Fsp3) is 0.292. The summed E-state index contributed by atoms with van der Waals surface area (Å²) in [5.74, 6) is 0.281. The fourth-order valence-electron chi connectivity index (χ4n) is 3.21. The molecule has 2 aromatic carbocycles. The fourth-order valence-corrected chi connectivity index (χ4v) is 4.80. The number of furan rings is 1. The van der Waals surface area contributed by atoms with Crippen molar-refractivity contribution in [1.29, 1.82) is 0 Å². The highest BCUT2D eigenvalue weighted by atomic mass is 32.2. The summed E-state index contributed by atoms with van der Waals surface area (Å²) in [6, 6.07) is 15.6. The molecule has 1 N–H and O–H groups in total. The van der Waals surface area contributed by atoms with Crippen molar-refractivity contribution in [3.05, 3.63) is 88.9 Å². The first kappa shape index (κ1) is 21.8. The van der Waals surface area contributed by atoms with Gasteiger partial charge in [0.2, 0.25) is 0 Å². The minimum Gasteiger partial charge on any atom is -0.468 e. The first-order valence-electron chi connectivity index (χ1n) is 9.93. The number of carbonyl (C=O) groups excluding carboxylic acids is 1. The summed E-state index contributed by atoms with van der Waals surface area (Å²) in [4.78, 5) is 12.8. The molecule has 5 nitrogen and oxygen atoms in total. The molecule has 1 aromatic heterocycles. The second-order valence-corrected chi connectivity index (χ2v) is 9.91. The lowest BCUT2D eigenvalue weighted by atomic mass is 10.0. The smallest absolute Gasteiger partial charge is 0.251 e. The molecule has 0 fully saturated rings. The van der Waals surface area contributed by atoms with Gasteiger partial charge in [0.05, 0.1) is 11.2 Å². The molecule has 0 spiro atoms. The predicted octanol–water partition coefficient (Wildman–Crippen LogP) is 4.96. The lowest BCUT2D eigenvalue weighted by molar-refractivity contribution is 0.0953. The minimum absolute atomic E-state index is 0.0897. The zero-order chi connectivity index (χ0) is 21.9. The topological polar surface area (TPSA) is 76.4 Å². The number of nitrogens with one attached hydrogen (secondary N) is 1. The van der Waals surface area contributed by atoms with E-state index in [4.69, 9.17) is 4.42 Å². The number of hydrogen-bond acceptors (Lipinski definition) is 4. The molecular weight excluding hydrogens is 398 g/mol. The van der Waals surface area contributed by atoms with Crippen LogP contribution < -0.4 is 5.32 Å². The highest BCUT2D eigenvalue weighted by Gasteiger charge is 2.32. The maximum atomic E-state index is 13.3. The molecule has 1 atom stereocenters. The van der Waals surface area contributed by atoms with E-state index in [1.165, 1.54) is 6.26 Å². The highest BCUT2D eigenvalue weighted by molar-refractivity contribution is 7.91. The van der Waals surface area contributed by atoms with Crippen LogP contribution in [-0.4, -0.2) is 20.9 Å². The van der Waals surface area contributed by atoms with Crippen LogP contribution in [0.1, 0.15) is 57.8 Å². The Labute approximate surface area is 178 Å². The van der Waals surface area contributed by atoms with Crippen LogP contribution in [0.15, 0.2) is 70.2 Å². The van der Waals surface area contributed by atoms with Gasteiger partial charge in [-0.1, -0.05) is 32.0 Å². The summed E-state index contributed by atoms with van der Waals surface area (Å²) in [6.45, 7) is 7.92.